The van der Waals surface area contributed by atoms with Crippen molar-refractivity contribution in [3.05, 3.63) is 35.7 Å². The second kappa shape index (κ2) is 8.56. The molecule has 0 bridgehead atoms. The summed E-state index contributed by atoms with van der Waals surface area (Å²) in [4.78, 5) is 23.8. The van der Waals surface area contributed by atoms with E-state index in [1.165, 1.54) is 36.0 Å². The minimum Gasteiger partial charge on any atom is -0.435 e. The molecule has 2 aromatic rings. The summed E-state index contributed by atoms with van der Waals surface area (Å²) in [6.07, 6.45) is 0. The zero-order chi connectivity index (χ0) is 18.4. The van der Waals surface area contributed by atoms with Crippen LogP contribution in [0.5, 0.6) is 5.75 Å². The number of hydrogen-bond donors (Lipinski definition) is 1. The summed E-state index contributed by atoms with van der Waals surface area (Å²) in [7, 11) is 0. The molecule has 0 radical (unpaired) electrons. The number of benzene rings is 1. The molecule has 1 aromatic carbocycles. The molecule has 1 heterocycles. The highest BCUT2D eigenvalue weighted by atomic mass is 32.2. The molecule has 10 heteroatoms. The molecule has 0 atom stereocenters. The number of imide groups is 1. The van der Waals surface area contributed by atoms with Crippen LogP contribution >= 0.6 is 11.8 Å². The molecule has 0 aliphatic rings. The Labute approximate surface area is 146 Å². The van der Waals surface area contributed by atoms with Gasteiger partial charge in [-0.15, -0.1) is 10.2 Å². The van der Waals surface area contributed by atoms with Gasteiger partial charge in [0.25, 0.3) is 5.91 Å². The van der Waals surface area contributed by atoms with Gasteiger partial charge in [-0.1, -0.05) is 11.8 Å². The van der Waals surface area contributed by atoms with Gasteiger partial charge in [0, 0.05) is 12.1 Å². The number of halogens is 2. The van der Waals surface area contributed by atoms with Crippen LogP contribution in [-0.4, -0.2) is 38.9 Å². The Kier molecular flexibility index (Phi) is 6.45. The zero-order valence-corrected chi connectivity index (χ0v) is 14.3. The molecule has 2 amide bonds. The number of hydrogen-bond acceptors (Lipinski definition) is 6. The molecule has 1 aromatic heterocycles. The standard InChI is InChI=1S/C15H16F2N4O3S/c1-3-21-9(2)19-20-15(21)25-8-12(22)18-13(23)10-4-6-11(7-5-10)24-14(16)17/h4-7,14H,3,8H2,1-2H3,(H,18,22,23). The number of carbonyl (C=O) groups excluding carboxylic acids is 2. The Morgan fingerprint density at radius 1 is 1.28 bits per heavy atom. The molecule has 134 valence electrons. The number of thioether (sulfide) groups is 1. The maximum absolute atomic E-state index is 12.1. The molecule has 0 fully saturated rings. The Bertz CT molecular complexity index is 750. The Balaban J connectivity index is 1.88. The summed E-state index contributed by atoms with van der Waals surface area (Å²) in [6.45, 7) is 1.48. The van der Waals surface area contributed by atoms with E-state index in [4.69, 9.17) is 0 Å². The summed E-state index contributed by atoms with van der Waals surface area (Å²) in [5, 5.41) is 10.7. The smallest absolute Gasteiger partial charge is 0.387 e. The molecule has 7 nitrogen and oxygen atoms in total. The van der Waals surface area contributed by atoms with E-state index in [-0.39, 0.29) is 17.1 Å². The molecule has 0 aliphatic heterocycles. The third-order valence-electron chi connectivity index (χ3n) is 3.15. The number of aryl methyl sites for hydroxylation is 1. The van der Waals surface area contributed by atoms with Crippen LogP contribution in [0.25, 0.3) is 0 Å². The fourth-order valence-electron chi connectivity index (χ4n) is 1.99. The van der Waals surface area contributed by atoms with Crippen molar-refractivity contribution in [2.45, 2.75) is 32.2 Å². The average molecular weight is 370 g/mol. The van der Waals surface area contributed by atoms with Crippen molar-refractivity contribution in [2.24, 2.45) is 0 Å². The van der Waals surface area contributed by atoms with Crippen molar-refractivity contribution in [2.75, 3.05) is 5.75 Å². The van der Waals surface area contributed by atoms with Crippen LogP contribution in [0.3, 0.4) is 0 Å². The minimum absolute atomic E-state index is 0.00352. The summed E-state index contributed by atoms with van der Waals surface area (Å²) >= 11 is 1.17. The van der Waals surface area contributed by atoms with Crippen molar-refractivity contribution in [1.29, 1.82) is 0 Å². The topological polar surface area (TPSA) is 86.1 Å². The Hall–Kier alpha value is -2.49. The van der Waals surface area contributed by atoms with Crippen molar-refractivity contribution < 1.29 is 23.1 Å². The second-order valence-electron chi connectivity index (χ2n) is 4.84. The Morgan fingerprint density at radius 2 is 1.96 bits per heavy atom. The van der Waals surface area contributed by atoms with E-state index in [1.807, 2.05) is 18.4 Å². The largest absolute Gasteiger partial charge is 0.435 e. The minimum atomic E-state index is -2.94. The van der Waals surface area contributed by atoms with E-state index in [0.29, 0.717) is 11.7 Å². The van der Waals surface area contributed by atoms with Gasteiger partial charge in [-0.3, -0.25) is 14.9 Å². The van der Waals surface area contributed by atoms with Crippen LogP contribution in [0.1, 0.15) is 23.1 Å². The predicted molar refractivity (Wildman–Crippen MR) is 86.7 cm³/mol. The zero-order valence-electron chi connectivity index (χ0n) is 13.5. The number of nitrogens with one attached hydrogen (secondary N) is 1. The molecule has 0 aliphatic carbocycles. The Morgan fingerprint density at radius 3 is 2.56 bits per heavy atom. The highest BCUT2D eigenvalue weighted by molar-refractivity contribution is 7.99. The van der Waals surface area contributed by atoms with Gasteiger partial charge in [0.2, 0.25) is 5.91 Å². The van der Waals surface area contributed by atoms with Gasteiger partial charge in [-0.25, -0.2) is 0 Å². The molecular weight excluding hydrogens is 354 g/mol. The normalized spacial score (nSPS) is 10.8. The van der Waals surface area contributed by atoms with E-state index in [2.05, 4.69) is 20.3 Å². The SMILES string of the molecule is CCn1c(C)nnc1SCC(=O)NC(=O)c1ccc(OC(F)F)cc1. The number of amides is 2. The molecule has 1 N–H and O–H groups in total. The second-order valence-corrected chi connectivity index (χ2v) is 5.79. The van der Waals surface area contributed by atoms with Crippen LogP contribution in [0.4, 0.5) is 8.78 Å². The van der Waals surface area contributed by atoms with E-state index in [9.17, 15) is 18.4 Å². The summed E-state index contributed by atoms with van der Waals surface area (Å²) in [5.74, 6) is -0.444. The maximum atomic E-state index is 12.1. The van der Waals surface area contributed by atoms with E-state index in [0.717, 1.165) is 5.82 Å². The molecular formula is C15H16F2N4O3S. The first-order valence-electron chi connectivity index (χ1n) is 7.32. The molecule has 25 heavy (non-hydrogen) atoms. The van der Waals surface area contributed by atoms with E-state index < -0.39 is 18.4 Å². The van der Waals surface area contributed by atoms with Gasteiger partial charge in [-0.05, 0) is 38.1 Å². The molecule has 2 rings (SSSR count). The lowest BCUT2D eigenvalue weighted by Crippen LogP contribution is -2.31. The van der Waals surface area contributed by atoms with Crippen molar-refractivity contribution in [3.8, 4) is 5.75 Å². The maximum Gasteiger partial charge on any atom is 0.387 e. The van der Waals surface area contributed by atoms with Gasteiger partial charge < -0.3 is 9.30 Å². The van der Waals surface area contributed by atoms with Gasteiger partial charge in [0.05, 0.1) is 5.75 Å². The lowest BCUT2D eigenvalue weighted by molar-refractivity contribution is -0.117. The highest BCUT2D eigenvalue weighted by Crippen LogP contribution is 2.17. The average Bonchev–Trinajstić information content (AvgIpc) is 2.92. The number of ether oxygens (including phenoxy) is 1. The summed E-state index contributed by atoms with van der Waals surface area (Å²) in [5.41, 5.74) is 0.160. The van der Waals surface area contributed by atoms with E-state index in [1.54, 1.807) is 0 Å². The summed E-state index contributed by atoms with van der Waals surface area (Å²) in [6, 6.07) is 5.05. The van der Waals surface area contributed by atoms with Crippen LogP contribution in [0.2, 0.25) is 0 Å². The lowest BCUT2D eigenvalue weighted by Gasteiger charge is -2.07. The predicted octanol–water partition coefficient (Wildman–Crippen LogP) is 2.26. The van der Waals surface area contributed by atoms with Crippen molar-refractivity contribution >= 4 is 23.6 Å². The first-order chi connectivity index (χ1) is 11.9. The third-order valence-corrected chi connectivity index (χ3v) is 4.11. The van der Waals surface area contributed by atoms with Gasteiger partial charge in [0.15, 0.2) is 5.16 Å². The molecule has 0 saturated heterocycles. The number of alkyl halides is 2. The number of rotatable bonds is 7. The third kappa shape index (κ3) is 5.24. The molecule has 0 saturated carbocycles. The number of nitrogens with zero attached hydrogens (tertiary/aromatic N) is 3. The number of aromatic nitrogens is 3. The van der Waals surface area contributed by atoms with Gasteiger partial charge in [-0.2, -0.15) is 8.78 Å². The van der Waals surface area contributed by atoms with Crippen LogP contribution in [-0.2, 0) is 11.3 Å². The summed E-state index contributed by atoms with van der Waals surface area (Å²) < 4.78 is 30.2. The monoisotopic (exact) mass is 370 g/mol. The fraction of sp³-hybridized carbons (Fsp3) is 0.333. The van der Waals surface area contributed by atoms with Gasteiger partial charge in [0.1, 0.15) is 11.6 Å². The number of carbonyl (C=O) groups is 2. The first kappa shape index (κ1) is 18.8. The quantitative estimate of drug-likeness (QED) is 0.753. The fourth-order valence-corrected chi connectivity index (χ4v) is 2.83. The lowest BCUT2D eigenvalue weighted by atomic mass is 10.2. The van der Waals surface area contributed by atoms with Gasteiger partial charge >= 0.3 is 6.61 Å². The molecule has 0 unspecified atom stereocenters. The van der Waals surface area contributed by atoms with Crippen LogP contribution < -0.4 is 10.1 Å². The molecule has 0 spiro atoms. The highest BCUT2D eigenvalue weighted by Gasteiger charge is 2.14. The van der Waals surface area contributed by atoms with Crippen molar-refractivity contribution in [3.63, 3.8) is 0 Å². The first-order valence-corrected chi connectivity index (χ1v) is 8.31. The van der Waals surface area contributed by atoms with Crippen LogP contribution in [0, 0.1) is 6.92 Å². The van der Waals surface area contributed by atoms with Crippen molar-refractivity contribution in [1.82, 2.24) is 20.1 Å². The van der Waals surface area contributed by atoms with Crippen LogP contribution in [0.15, 0.2) is 29.4 Å². The van der Waals surface area contributed by atoms with E-state index >= 15 is 0 Å².